The molecule has 14 heteroatoms. The van der Waals surface area contributed by atoms with Crippen LogP contribution in [-0.4, -0.2) is 142 Å². The molecule has 0 amide bonds. The first-order chi connectivity index (χ1) is 39.6. The van der Waals surface area contributed by atoms with Crippen LogP contribution in [-0.2, 0) is 33.2 Å². The third-order valence-corrected chi connectivity index (χ3v) is 14.0. The first-order valence-corrected chi connectivity index (χ1v) is 31.1. The molecular formula is C67H110O14. The maximum atomic E-state index is 13.1. The van der Waals surface area contributed by atoms with Crippen LogP contribution in [0.3, 0.4) is 0 Å². The second-order valence-electron chi connectivity index (χ2n) is 21.1. The van der Waals surface area contributed by atoms with Crippen molar-refractivity contribution < 1.29 is 69.0 Å². The normalized spacial score (nSPS) is 24.6. The highest BCUT2D eigenvalue weighted by atomic mass is 16.7. The minimum Gasteiger partial charge on any atom is -0.457 e. The molecule has 0 spiro atoms. The standard InChI is InChI=1S/C67H110O14/c1-3-5-7-9-11-13-15-17-19-21-23-25-27-29-31-33-35-37-39-41-43-45-47-49-51-76-53-56(54-77-66-65(75)63(73)61(71)58(81-66)55-78-67-64(74)62(72)60(70)57(52-68)80-67)79-59(69)50-48-46-44-42-40-38-36-34-32-30-28-26-24-22-20-18-16-14-12-10-8-6-4-2/h5-8,11-14,17-20,23-26,30,32,36,38,56-58,60-68,70-75H,3-4,9-10,15-16,21-22,27-29,31,33-35,37,39-55H2,1-2H3/b7-5-,8-6-,13-11-,14-12-,19-17-,20-18-,25-23-,26-24-,32-30-,38-36-. The Morgan fingerprint density at radius 1 is 0.407 bits per heavy atom. The van der Waals surface area contributed by atoms with Gasteiger partial charge in [0.2, 0.25) is 0 Å². The summed E-state index contributed by atoms with van der Waals surface area (Å²) in [5, 5.41) is 72.5. The van der Waals surface area contributed by atoms with E-state index in [-0.39, 0.29) is 19.6 Å². The van der Waals surface area contributed by atoms with E-state index in [2.05, 4.69) is 135 Å². The lowest BCUT2D eigenvalue weighted by molar-refractivity contribution is -0.332. The number of hydrogen-bond donors (Lipinski definition) is 7. The van der Waals surface area contributed by atoms with Crippen LogP contribution in [0, 0.1) is 0 Å². The Labute approximate surface area is 488 Å². The van der Waals surface area contributed by atoms with Gasteiger partial charge in [-0.1, -0.05) is 206 Å². The first kappa shape index (κ1) is 73.5. The monoisotopic (exact) mass is 1140 g/mol. The quantitative estimate of drug-likeness (QED) is 0.0172. The van der Waals surface area contributed by atoms with Crippen LogP contribution in [0.4, 0.5) is 0 Å². The molecule has 0 saturated carbocycles. The minimum absolute atomic E-state index is 0.0405. The van der Waals surface area contributed by atoms with Crippen molar-refractivity contribution in [3.63, 3.8) is 0 Å². The smallest absolute Gasteiger partial charge is 0.306 e. The fraction of sp³-hybridized carbons (Fsp3) is 0.687. The topological polar surface area (TPSA) is 214 Å². The van der Waals surface area contributed by atoms with Crippen molar-refractivity contribution in [1.82, 2.24) is 0 Å². The molecule has 0 bridgehead atoms. The molecule has 0 aromatic carbocycles. The molecule has 81 heavy (non-hydrogen) atoms. The Hall–Kier alpha value is -3.61. The molecule has 0 radical (unpaired) electrons. The number of rotatable bonds is 49. The van der Waals surface area contributed by atoms with Gasteiger partial charge in [0.15, 0.2) is 12.6 Å². The molecule has 0 aliphatic carbocycles. The van der Waals surface area contributed by atoms with Gasteiger partial charge in [-0.25, -0.2) is 0 Å². The summed E-state index contributed by atoms with van der Waals surface area (Å²) in [5.41, 5.74) is 0. The van der Waals surface area contributed by atoms with Gasteiger partial charge in [-0.15, -0.1) is 0 Å². The van der Waals surface area contributed by atoms with Crippen molar-refractivity contribution >= 4 is 5.97 Å². The second kappa shape index (κ2) is 52.0. The van der Waals surface area contributed by atoms with E-state index in [9.17, 15) is 40.5 Å². The maximum Gasteiger partial charge on any atom is 0.306 e. The van der Waals surface area contributed by atoms with E-state index in [1.807, 2.05) is 0 Å². The Balaban J connectivity index is 1.71. The molecule has 7 N–H and O–H groups in total. The third kappa shape index (κ3) is 38.1. The molecule has 2 heterocycles. The van der Waals surface area contributed by atoms with Gasteiger partial charge in [-0.05, 0) is 103 Å². The number of aliphatic hydroxyl groups is 7. The molecular weight excluding hydrogens is 1030 g/mol. The Morgan fingerprint density at radius 2 is 0.765 bits per heavy atom. The SMILES string of the molecule is CC/C=C\C/C=C\C/C=C\C/C=C\C/C=C\C/C=C\CCCCCCC(=O)OC(COCCCCCCCCCCCCC/C=C\C/C=C\C/C=C\C/C=C\CC)COC1OC(COC2OC(CO)C(O)C(O)C2O)C(O)C(O)C1O. The number of unbranched alkanes of at least 4 members (excludes halogenated alkanes) is 15. The lowest BCUT2D eigenvalue weighted by atomic mass is 9.98. The second-order valence-corrected chi connectivity index (χ2v) is 21.1. The van der Waals surface area contributed by atoms with E-state index >= 15 is 0 Å². The highest BCUT2D eigenvalue weighted by Gasteiger charge is 2.47. The molecule has 2 aliphatic heterocycles. The van der Waals surface area contributed by atoms with E-state index in [0.717, 1.165) is 116 Å². The number of ether oxygens (including phenoxy) is 6. The Bertz CT molecular complexity index is 1800. The van der Waals surface area contributed by atoms with Gasteiger partial charge in [-0.3, -0.25) is 4.79 Å². The molecule has 0 aromatic heterocycles. The van der Waals surface area contributed by atoms with Crippen molar-refractivity contribution in [3.05, 3.63) is 122 Å². The number of carbonyl (C=O) groups excluding carboxylic acids is 1. The van der Waals surface area contributed by atoms with Crippen LogP contribution in [0.5, 0.6) is 0 Å². The zero-order chi connectivity index (χ0) is 58.6. The van der Waals surface area contributed by atoms with Crippen molar-refractivity contribution in [2.24, 2.45) is 0 Å². The van der Waals surface area contributed by atoms with Crippen LogP contribution in [0.2, 0.25) is 0 Å². The molecule has 0 aromatic rings. The molecule has 2 aliphatic rings. The summed E-state index contributed by atoms with van der Waals surface area (Å²) in [6.45, 7) is 3.41. The molecule has 2 fully saturated rings. The molecule has 462 valence electrons. The fourth-order valence-electron chi connectivity index (χ4n) is 9.04. The lowest BCUT2D eigenvalue weighted by Gasteiger charge is -2.42. The van der Waals surface area contributed by atoms with Crippen molar-refractivity contribution in [2.75, 3.05) is 33.0 Å². The van der Waals surface area contributed by atoms with Gasteiger partial charge in [0, 0.05) is 13.0 Å². The zero-order valence-corrected chi connectivity index (χ0v) is 49.7. The van der Waals surface area contributed by atoms with Crippen LogP contribution in [0.25, 0.3) is 0 Å². The summed E-state index contributed by atoms with van der Waals surface area (Å²) in [7, 11) is 0. The van der Waals surface area contributed by atoms with E-state index in [1.165, 1.54) is 51.4 Å². The van der Waals surface area contributed by atoms with Crippen LogP contribution >= 0.6 is 0 Å². The summed E-state index contributed by atoms with van der Waals surface area (Å²) in [5.74, 6) is -0.405. The van der Waals surface area contributed by atoms with Crippen LogP contribution < -0.4 is 0 Å². The Kier molecular flexibility index (Phi) is 47.2. The number of allylic oxidation sites excluding steroid dienone is 20. The van der Waals surface area contributed by atoms with Crippen molar-refractivity contribution in [3.8, 4) is 0 Å². The fourth-order valence-corrected chi connectivity index (χ4v) is 9.04. The van der Waals surface area contributed by atoms with E-state index in [4.69, 9.17) is 28.4 Å². The number of esters is 1. The zero-order valence-electron chi connectivity index (χ0n) is 49.7. The molecule has 11 unspecified atom stereocenters. The van der Waals surface area contributed by atoms with Gasteiger partial charge in [0.1, 0.15) is 54.9 Å². The number of aliphatic hydroxyl groups excluding tert-OH is 7. The lowest BCUT2D eigenvalue weighted by Crippen LogP contribution is -2.61. The average Bonchev–Trinajstić information content (AvgIpc) is 3.46. The van der Waals surface area contributed by atoms with Gasteiger partial charge in [0.25, 0.3) is 0 Å². The van der Waals surface area contributed by atoms with E-state index in [1.54, 1.807) is 0 Å². The predicted octanol–water partition coefficient (Wildman–Crippen LogP) is 12.1. The Morgan fingerprint density at radius 3 is 1.20 bits per heavy atom. The number of hydrogen-bond acceptors (Lipinski definition) is 14. The van der Waals surface area contributed by atoms with Crippen LogP contribution in [0.15, 0.2) is 122 Å². The van der Waals surface area contributed by atoms with Gasteiger partial charge in [-0.2, -0.15) is 0 Å². The summed E-state index contributed by atoms with van der Waals surface area (Å²) in [6.07, 6.45) is 56.8. The minimum atomic E-state index is -1.72. The number of carbonyl (C=O) groups is 1. The van der Waals surface area contributed by atoms with Gasteiger partial charge in [0.05, 0.1) is 26.4 Å². The molecule has 2 rings (SSSR count). The first-order valence-electron chi connectivity index (χ1n) is 31.1. The van der Waals surface area contributed by atoms with E-state index < -0.39 is 86.7 Å². The highest BCUT2D eigenvalue weighted by molar-refractivity contribution is 5.69. The summed E-state index contributed by atoms with van der Waals surface area (Å²) < 4.78 is 34.4. The van der Waals surface area contributed by atoms with Crippen LogP contribution in [0.1, 0.15) is 194 Å². The average molecular weight is 1140 g/mol. The predicted molar refractivity (Wildman–Crippen MR) is 325 cm³/mol. The third-order valence-electron chi connectivity index (χ3n) is 14.0. The van der Waals surface area contributed by atoms with Gasteiger partial charge < -0.3 is 64.2 Å². The molecule has 14 nitrogen and oxygen atoms in total. The maximum absolute atomic E-state index is 13.1. The summed E-state index contributed by atoms with van der Waals surface area (Å²) in [4.78, 5) is 13.1. The highest BCUT2D eigenvalue weighted by Crippen LogP contribution is 2.26. The molecule has 2 saturated heterocycles. The summed E-state index contributed by atoms with van der Waals surface area (Å²) >= 11 is 0. The van der Waals surface area contributed by atoms with Gasteiger partial charge >= 0.3 is 5.97 Å². The summed E-state index contributed by atoms with van der Waals surface area (Å²) in [6, 6.07) is 0. The van der Waals surface area contributed by atoms with Crippen molar-refractivity contribution in [2.45, 2.75) is 261 Å². The van der Waals surface area contributed by atoms with Crippen molar-refractivity contribution in [1.29, 1.82) is 0 Å². The van der Waals surface area contributed by atoms with E-state index in [0.29, 0.717) is 13.0 Å². The molecule has 11 atom stereocenters. The largest absolute Gasteiger partial charge is 0.457 e.